The summed E-state index contributed by atoms with van der Waals surface area (Å²) in [4.78, 5) is 0. The Labute approximate surface area is 492 Å². The molecule has 0 saturated heterocycles. The summed E-state index contributed by atoms with van der Waals surface area (Å²) < 4.78 is 0. The summed E-state index contributed by atoms with van der Waals surface area (Å²) in [6, 6.07) is 134. The first-order chi connectivity index (χ1) is 41.8. The van der Waals surface area contributed by atoms with Gasteiger partial charge in [0.15, 0.2) is 0 Å². The molecule has 0 aromatic heterocycles. The Morgan fingerprint density at radius 1 is 0.0952 bits per heavy atom. The van der Waals surface area contributed by atoms with E-state index >= 15 is 0 Å². The Morgan fingerprint density at radius 3 is 0.238 bits per heavy atom. The SMILES string of the molecule is c1ccc(C(c2ccccc2)=c2c(=C(c3ccccc3)c3ccccc3)c(=C(c3ccccc3)c3ccccc3)c(=C(c3ccccc3)c3ccccc3)c(=C(c3ccccc3)c3ccccc3)c2=C(c2ccccc2)c2ccccc2)cc1. The van der Waals surface area contributed by atoms with Crippen LogP contribution < -0.4 is 31.3 Å². The molecule has 0 aliphatic carbocycles. The van der Waals surface area contributed by atoms with Crippen molar-refractivity contribution in [3.8, 4) is 0 Å². The molecule has 0 heterocycles. The minimum atomic E-state index is 1.09. The van der Waals surface area contributed by atoms with E-state index in [1.54, 1.807) is 0 Å². The summed E-state index contributed by atoms with van der Waals surface area (Å²) in [5.74, 6) is 0. The van der Waals surface area contributed by atoms with Crippen LogP contribution in [-0.2, 0) is 0 Å². The summed E-state index contributed by atoms with van der Waals surface area (Å²) in [5.41, 5.74) is 19.7. The Balaban J connectivity index is 1.67. The van der Waals surface area contributed by atoms with Gasteiger partial charge in [-0.1, -0.05) is 364 Å². The molecule has 0 bridgehead atoms. The normalized spacial score (nSPS) is 10.9. The van der Waals surface area contributed by atoms with E-state index in [4.69, 9.17) is 0 Å². The van der Waals surface area contributed by atoms with Crippen molar-refractivity contribution in [1.29, 1.82) is 0 Å². The molecule has 0 saturated carbocycles. The van der Waals surface area contributed by atoms with Crippen LogP contribution >= 0.6 is 0 Å². The monoisotopic (exact) mass is 1070 g/mol. The lowest BCUT2D eigenvalue weighted by atomic mass is 9.80. The van der Waals surface area contributed by atoms with Gasteiger partial charge >= 0.3 is 0 Å². The highest BCUT2D eigenvalue weighted by atomic mass is 14.3. The average Bonchev–Trinajstić information content (AvgIpc) is 1.24. The molecule has 0 aliphatic rings. The second-order valence-electron chi connectivity index (χ2n) is 20.9. The first kappa shape index (κ1) is 52.5. The highest BCUT2D eigenvalue weighted by Crippen LogP contribution is 2.28. The summed E-state index contributed by atoms with van der Waals surface area (Å²) in [6.07, 6.45) is 0. The maximum absolute atomic E-state index is 2.31. The van der Waals surface area contributed by atoms with Crippen molar-refractivity contribution in [3.05, 3.63) is 462 Å². The van der Waals surface area contributed by atoms with Gasteiger partial charge in [-0.2, -0.15) is 0 Å². The van der Waals surface area contributed by atoms with Gasteiger partial charge in [-0.25, -0.2) is 0 Å². The number of rotatable bonds is 12. The highest BCUT2D eigenvalue weighted by molar-refractivity contribution is 5.93. The van der Waals surface area contributed by atoms with Crippen LogP contribution in [0.5, 0.6) is 0 Å². The maximum atomic E-state index is 2.31. The van der Waals surface area contributed by atoms with Crippen LogP contribution in [0, 0.1) is 0 Å². The molecule has 0 N–H and O–H groups in total. The zero-order valence-electron chi connectivity index (χ0n) is 46.6. The minimum Gasteiger partial charge on any atom is -0.0622 e. The fraction of sp³-hybridized carbons (Fsp3) is 0. The van der Waals surface area contributed by atoms with Gasteiger partial charge in [0.25, 0.3) is 0 Å². The number of benzene rings is 13. The van der Waals surface area contributed by atoms with Crippen LogP contribution in [0.2, 0.25) is 0 Å². The lowest BCUT2D eigenvalue weighted by Crippen LogP contribution is -2.69. The standard InChI is InChI=1S/C84H60/c1-13-37-61(38-14-1)73(62-39-15-2-16-40-62)79-80(74(63-41-17-3-18-42-63)64-43-19-4-20-44-64)82(76(67-49-25-7-26-50-67)68-51-27-8-28-52-68)84(78(71-57-33-11-34-58-71)72-59-35-12-36-60-72)83(77(69-53-29-9-30-54-69)70-55-31-10-32-56-70)81(79)75(65-45-21-5-22-46-65)66-47-23-6-24-48-66/h1-60H. The molecule has 84 heavy (non-hydrogen) atoms. The highest BCUT2D eigenvalue weighted by Gasteiger charge is 2.25. The van der Waals surface area contributed by atoms with E-state index < -0.39 is 0 Å². The fourth-order valence-corrected chi connectivity index (χ4v) is 12.2. The van der Waals surface area contributed by atoms with Crippen molar-refractivity contribution in [2.75, 3.05) is 0 Å². The second kappa shape index (κ2) is 24.8. The molecule has 0 atom stereocenters. The van der Waals surface area contributed by atoms with E-state index in [-0.39, 0.29) is 0 Å². The molecule has 396 valence electrons. The summed E-state index contributed by atoms with van der Waals surface area (Å²) in [5, 5.41) is 6.59. The Morgan fingerprint density at radius 2 is 0.167 bits per heavy atom. The topological polar surface area (TPSA) is 0 Å². The van der Waals surface area contributed by atoms with Gasteiger partial charge in [-0.3, -0.25) is 0 Å². The third-order valence-corrected chi connectivity index (χ3v) is 15.7. The quantitative estimate of drug-likeness (QED) is 0.114. The number of hydrogen-bond acceptors (Lipinski definition) is 0. The summed E-state index contributed by atoms with van der Waals surface area (Å²) in [7, 11) is 0. The van der Waals surface area contributed by atoms with Gasteiger partial charge in [0.05, 0.1) is 0 Å². The smallest absolute Gasteiger partial charge is 0.0000936 e. The van der Waals surface area contributed by atoms with Gasteiger partial charge in [0.1, 0.15) is 0 Å². The largest absolute Gasteiger partial charge is 0.0622 e. The van der Waals surface area contributed by atoms with Crippen molar-refractivity contribution in [1.82, 2.24) is 0 Å². The molecule has 0 heteroatoms. The molecule has 13 aromatic rings. The van der Waals surface area contributed by atoms with Crippen LogP contribution in [0.25, 0.3) is 33.4 Å². The molecule has 0 radical (unpaired) electrons. The van der Waals surface area contributed by atoms with Gasteiger partial charge in [0.2, 0.25) is 0 Å². The number of hydrogen-bond donors (Lipinski definition) is 0. The third kappa shape index (κ3) is 10.6. The minimum absolute atomic E-state index is 1.09. The lowest BCUT2D eigenvalue weighted by Gasteiger charge is -2.23. The van der Waals surface area contributed by atoms with E-state index in [1.807, 2.05) is 0 Å². The summed E-state index contributed by atoms with van der Waals surface area (Å²) >= 11 is 0. The fourth-order valence-electron chi connectivity index (χ4n) is 12.2. The van der Waals surface area contributed by atoms with Crippen molar-refractivity contribution in [2.24, 2.45) is 0 Å². The van der Waals surface area contributed by atoms with Crippen LogP contribution in [0.15, 0.2) is 364 Å². The van der Waals surface area contributed by atoms with E-state index in [2.05, 4.69) is 364 Å². The molecule has 0 fully saturated rings. The predicted octanol–water partition coefficient (Wildman–Crippen LogP) is 15.2. The molecule has 0 spiro atoms. The zero-order chi connectivity index (χ0) is 56.3. The van der Waals surface area contributed by atoms with E-state index in [0.29, 0.717) is 0 Å². The molecule has 0 unspecified atom stereocenters. The van der Waals surface area contributed by atoms with Gasteiger partial charge in [0, 0.05) is 0 Å². The lowest BCUT2D eigenvalue weighted by molar-refractivity contribution is 1.22. The van der Waals surface area contributed by atoms with E-state index in [0.717, 1.165) is 132 Å². The first-order valence-corrected chi connectivity index (χ1v) is 28.9. The molecule has 0 aliphatic heterocycles. The van der Waals surface area contributed by atoms with Crippen molar-refractivity contribution >= 4 is 33.4 Å². The third-order valence-electron chi connectivity index (χ3n) is 15.7. The van der Waals surface area contributed by atoms with Crippen LogP contribution in [0.3, 0.4) is 0 Å². The second-order valence-corrected chi connectivity index (χ2v) is 20.9. The van der Waals surface area contributed by atoms with Crippen molar-refractivity contribution in [2.45, 2.75) is 0 Å². The Kier molecular flexibility index (Phi) is 15.5. The van der Waals surface area contributed by atoms with Gasteiger partial charge in [-0.05, 0) is 132 Å². The van der Waals surface area contributed by atoms with Crippen LogP contribution in [-0.4, -0.2) is 0 Å². The molecule has 0 nitrogen and oxygen atoms in total. The molecular formula is C84H60. The molecule has 13 aromatic carbocycles. The Bertz CT molecular complexity index is 3650. The predicted molar refractivity (Wildman–Crippen MR) is 351 cm³/mol. The molecule has 13 rings (SSSR count). The van der Waals surface area contributed by atoms with Crippen LogP contribution in [0.1, 0.15) is 66.8 Å². The Hall–Kier alpha value is -10.9. The van der Waals surface area contributed by atoms with Gasteiger partial charge in [-0.15, -0.1) is 0 Å². The summed E-state index contributed by atoms with van der Waals surface area (Å²) in [6.45, 7) is 0. The zero-order valence-corrected chi connectivity index (χ0v) is 46.6. The van der Waals surface area contributed by atoms with Crippen LogP contribution in [0.4, 0.5) is 0 Å². The first-order valence-electron chi connectivity index (χ1n) is 28.9. The molecule has 0 amide bonds. The van der Waals surface area contributed by atoms with E-state index in [9.17, 15) is 0 Å². The average molecular weight is 1070 g/mol. The van der Waals surface area contributed by atoms with Crippen molar-refractivity contribution < 1.29 is 0 Å². The van der Waals surface area contributed by atoms with Gasteiger partial charge < -0.3 is 0 Å². The maximum Gasteiger partial charge on any atom is -0.0000936 e. The molecular weight excluding hydrogens is 1010 g/mol. The van der Waals surface area contributed by atoms with Crippen molar-refractivity contribution in [3.63, 3.8) is 0 Å². The van der Waals surface area contributed by atoms with E-state index in [1.165, 1.54) is 0 Å².